The highest BCUT2D eigenvalue weighted by molar-refractivity contribution is 7.91. The van der Waals surface area contributed by atoms with Crippen molar-refractivity contribution in [3.05, 3.63) is 41.6 Å². The minimum Gasteiger partial charge on any atom is -0.483 e. The van der Waals surface area contributed by atoms with E-state index in [1.165, 1.54) is 17.0 Å². The van der Waals surface area contributed by atoms with Gasteiger partial charge < -0.3 is 30.1 Å². The van der Waals surface area contributed by atoms with E-state index < -0.39 is 74.3 Å². The summed E-state index contributed by atoms with van der Waals surface area (Å²) in [7, 11) is -4.03. The number of sulfonamides is 1. The topological polar surface area (TPSA) is 193 Å². The van der Waals surface area contributed by atoms with Crippen LogP contribution in [0.25, 0.3) is 10.9 Å². The molecule has 14 nitrogen and oxygen atoms in total. The predicted octanol–water partition coefficient (Wildman–Crippen LogP) is 3.84. The number of aromatic nitrogens is 1. The van der Waals surface area contributed by atoms with Crippen molar-refractivity contribution in [2.75, 3.05) is 6.54 Å². The van der Waals surface area contributed by atoms with Gasteiger partial charge in [0.2, 0.25) is 21.8 Å². The first-order valence-corrected chi connectivity index (χ1v) is 19.5. The molecule has 2 aliphatic carbocycles. The van der Waals surface area contributed by atoms with Gasteiger partial charge in [-0.3, -0.25) is 19.1 Å². The number of pyridine rings is 1. The SMILES string of the molecule is Cc1nc2ccc(OC(F)F)cc2c2c1O[C@]1(CC2)C[C@H]2C(=O)N[C@]3(C(=O)NS(=O)(=O)C4(C)CC4)C[C@H]3/C=C\CCCCC[C@H](NC(=O)O)C(=O)N2C1. The third kappa shape index (κ3) is 6.99. The maximum absolute atomic E-state index is 14.4. The molecule has 3 aliphatic heterocycles. The van der Waals surface area contributed by atoms with Crippen molar-refractivity contribution in [2.24, 2.45) is 5.92 Å². The van der Waals surface area contributed by atoms with Gasteiger partial charge in [0, 0.05) is 23.3 Å². The van der Waals surface area contributed by atoms with Gasteiger partial charge in [0.1, 0.15) is 34.7 Å². The molecule has 1 spiro atoms. The third-order valence-electron chi connectivity index (χ3n) is 11.5. The average molecular weight is 760 g/mol. The van der Waals surface area contributed by atoms with Crippen molar-refractivity contribution in [2.45, 2.75) is 119 Å². The van der Waals surface area contributed by atoms with Gasteiger partial charge in [0.15, 0.2) is 0 Å². The standard InChI is InChI=1S/C36H43F2N5O9S/c1-20-28-23(24-16-22(51-32(37)38)10-11-25(24)39-20)12-13-35(52-28)18-27-29(44)41-36(31(46)42-53(49,50)34(2)14-15-34)17-21(36)8-6-4-3-5-7-9-26(40-33(47)48)30(45)43(27)19-35/h6,8,10-11,16,21,26-27,32,40H,3-5,7,9,12-15,17-19H2,1-2H3,(H,41,44)(H,42,46)(H,47,48)/b8-6-/t21-,26+,27+,35-,36-/m1/s1. The molecule has 1 aromatic carbocycles. The second kappa shape index (κ2) is 13.4. The molecule has 4 heterocycles. The van der Waals surface area contributed by atoms with Gasteiger partial charge in [-0.05, 0) is 83.4 Å². The molecule has 7 rings (SSSR count). The van der Waals surface area contributed by atoms with Gasteiger partial charge in [0.25, 0.3) is 5.91 Å². The summed E-state index contributed by atoms with van der Waals surface area (Å²) in [6.45, 7) is 0.175. The summed E-state index contributed by atoms with van der Waals surface area (Å²) in [5.41, 5.74) is -0.950. The Hall–Kier alpha value is -4.54. The monoisotopic (exact) mass is 759 g/mol. The van der Waals surface area contributed by atoms with Crippen LogP contribution in [0.4, 0.5) is 13.6 Å². The number of aryl methyl sites for hydroxylation is 2. The van der Waals surface area contributed by atoms with E-state index in [0.717, 1.165) is 6.42 Å². The van der Waals surface area contributed by atoms with E-state index in [2.05, 4.69) is 25.1 Å². The zero-order valence-corrected chi connectivity index (χ0v) is 30.3. The first-order chi connectivity index (χ1) is 25.1. The Balaban J connectivity index is 1.23. The maximum Gasteiger partial charge on any atom is 0.405 e. The Kier molecular flexibility index (Phi) is 9.30. The number of carbonyl (C=O) groups is 4. The van der Waals surface area contributed by atoms with Gasteiger partial charge in [-0.15, -0.1) is 0 Å². The minimum atomic E-state index is -4.03. The van der Waals surface area contributed by atoms with Gasteiger partial charge in [-0.1, -0.05) is 25.0 Å². The molecule has 4 amide bonds. The second-order valence-corrected chi connectivity index (χ2v) is 17.5. The van der Waals surface area contributed by atoms with E-state index in [4.69, 9.17) is 4.74 Å². The number of hydrogen-bond donors (Lipinski definition) is 4. The van der Waals surface area contributed by atoms with Crippen LogP contribution in [0.15, 0.2) is 30.4 Å². The molecule has 53 heavy (non-hydrogen) atoms. The highest BCUT2D eigenvalue weighted by Gasteiger charge is 2.64. The number of alkyl halides is 2. The molecule has 5 atom stereocenters. The number of benzene rings is 1. The molecular formula is C36H43F2N5O9S. The van der Waals surface area contributed by atoms with Crippen molar-refractivity contribution in [1.82, 2.24) is 25.2 Å². The summed E-state index contributed by atoms with van der Waals surface area (Å²) in [6, 6.07) is 2.09. The highest BCUT2D eigenvalue weighted by Crippen LogP contribution is 2.49. The van der Waals surface area contributed by atoms with Gasteiger partial charge >= 0.3 is 12.7 Å². The lowest BCUT2D eigenvalue weighted by Gasteiger charge is -2.36. The highest BCUT2D eigenvalue weighted by atomic mass is 32.2. The summed E-state index contributed by atoms with van der Waals surface area (Å²) in [4.78, 5) is 60.3. The number of allylic oxidation sites excluding steroid dienone is 1. The second-order valence-electron chi connectivity index (χ2n) is 15.3. The van der Waals surface area contributed by atoms with Crippen molar-refractivity contribution >= 4 is 44.7 Å². The molecule has 286 valence electrons. The minimum absolute atomic E-state index is 0.0234. The predicted molar refractivity (Wildman–Crippen MR) is 186 cm³/mol. The largest absolute Gasteiger partial charge is 0.483 e. The maximum atomic E-state index is 14.4. The average Bonchev–Trinajstić information content (AvgIpc) is 3.98. The molecule has 2 aromatic rings. The number of halogens is 2. The molecule has 0 radical (unpaired) electrons. The molecule has 3 fully saturated rings. The Morgan fingerprint density at radius 1 is 1.15 bits per heavy atom. The number of nitrogens with one attached hydrogen (secondary N) is 3. The summed E-state index contributed by atoms with van der Waals surface area (Å²) in [5.74, 6) is -2.31. The number of nitrogens with zero attached hydrogens (tertiary/aromatic N) is 2. The molecule has 5 aliphatic rings. The van der Waals surface area contributed by atoms with Crippen LogP contribution in [0, 0.1) is 12.8 Å². The van der Waals surface area contributed by atoms with Crippen molar-refractivity contribution in [3.8, 4) is 11.5 Å². The normalized spacial score (nSPS) is 30.1. The van der Waals surface area contributed by atoms with Gasteiger partial charge in [-0.2, -0.15) is 8.78 Å². The van der Waals surface area contributed by atoms with Crippen LogP contribution in [0.5, 0.6) is 11.5 Å². The van der Waals surface area contributed by atoms with Crippen molar-refractivity contribution in [3.63, 3.8) is 0 Å². The number of amides is 4. The fourth-order valence-electron chi connectivity index (χ4n) is 8.00. The number of rotatable bonds is 6. The molecule has 0 bridgehead atoms. The van der Waals surface area contributed by atoms with E-state index in [1.54, 1.807) is 19.9 Å². The lowest BCUT2D eigenvalue weighted by molar-refractivity contribution is -0.141. The zero-order valence-electron chi connectivity index (χ0n) is 29.5. The molecule has 17 heteroatoms. The number of carboxylic acid groups (broad SMARTS) is 1. The molecule has 0 unspecified atom stereocenters. The van der Waals surface area contributed by atoms with E-state index in [0.29, 0.717) is 72.9 Å². The first kappa shape index (κ1) is 36.8. The Morgan fingerprint density at radius 3 is 2.64 bits per heavy atom. The fourth-order valence-corrected chi connectivity index (χ4v) is 9.31. The summed E-state index contributed by atoms with van der Waals surface area (Å²) in [6.07, 6.45) is 6.73. The quantitative estimate of drug-likeness (QED) is 0.315. The van der Waals surface area contributed by atoms with Crippen LogP contribution in [0.3, 0.4) is 0 Å². The van der Waals surface area contributed by atoms with Crippen LogP contribution < -0.4 is 24.8 Å². The number of ether oxygens (including phenoxy) is 2. The fraction of sp³-hybridized carbons (Fsp3) is 0.583. The van der Waals surface area contributed by atoms with Crippen LogP contribution >= 0.6 is 0 Å². The number of carbonyl (C=O) groups excluding carboxylic acids is 3. The summed E-state index contributed by atoms with van der Waals surface area (Å²) < 4.78 is 64.8. The van der Waals surface area contributed by atoms with Crippen molar-refractivity contribution < 1.29 is 51.0 Å². The van der Waals surface area contributed by atoms with E-state index in [9.17, 15) is 41.5 Å². The molecule has 1 aromatic heterocycles. The lowest BCUT2D eigenvalue weighted by atomic mass is 9.87. The number of fused-ring (bicyclic) bond motifs is 5. The van der Waals surface area contributed by atoms with Crippen LogP contribution in [-0.2, 0) is 30.8 Å². The van der Waals surface area contributed by atoms with E-state index in [-0.39, 0.29) is 31.6 Å². The van der Waals surface area contributed by atoms with Crippen LogP contribution in [0.1, 0.15) is 82.4 Å². The Morgan fingerprint density at radius 2 is 1.92 bits per heavy atom. The molecule has 4 N–H and O–H groups in total. The first-order valence-electron chi connectivity index (χ1n) is 18.0. The Bertz CT molecular complexity index is 2010. The third-order valence-corrected chi connectivity index (χ3v) is 13.6. The van der Waals surface area contributed by atoms with Gasteiger partial charge in [-0.25, -0.2) is 18.2 Å². The number of hydrogen-bond acceptors (Lipinski definition) is 9. The molecule has 2 saturated carbocycles. The van der Waals surface area contributed by atoms with E-state index in [1.807, 2.05) is 12.2 Å². The Labute approximate surface area is 305 Å². The van der Waals surface area contributed by atoms with Crippen LogP contribution in [0.2, 0.25) is 0 Å². The summed E-state index contributed by atoms with van der Waals surface area (Å²) in [5, 5.41) is 15.4. The van der Waals surface area contributed by atoms with Gasteiger partial charge in [0.05, 0.1) is 22.5 Å². The van der Waals surface area contributed by atoms with Crippen LogP contribution in [-0.4, -0.2) is 88.3 Å². The lowest BCUT2D eigenvalue weighted by Crippen LogP contribution is -2.58. The van der Waals surface area contributed by atoms with E-state index >= 15 is 0 Å². The van der Waals surface area contributed by atoms with Crippen molar-refractivity contribution in [1.29, 1.82) is 0 Å². The molecular weight excluding hydrogens is 716 g/mol. The smallest absolute Gasteiger partial charge is 0.405 e. The molecule has 1 saturated heterocycles. The zero-order chi connectivity index (χ0) is 37.9. The summed E-state index contributed by atoms with van der Waals surface area (Å²) >= 11 is 0.